The van der Waals surface area contributed by atoms with E-state index in [2.05, 4.69) is 10.3 Å². The summed E-state index contributed by atoms with van der Waals surface area (Å²) in [4.78, 5) is 10.5. The Morgan fingerprint density at radius 3 is 2.45 bits per heavy atom. The Morgan fingerprint density at radius 1 is 1.00 bits per heavy atom. The Kier molecular flexibility index (Phi) is 3.73. The van der Waals surface area contributed by atoms with Crippen molar-refractivity contribution >= 4 is 11.4 Å². The maximum atomic E-state index is 5.38. The maximum absolute atomic E-state index is 5.38. The minimum Gasteiger partial charge on any atom is -0.391 e. The van der Waals surface area contributed by atoms with Gasteiger partial charge in [0, 0.05) is 5.56 Å². The number of rotatable bonds is 4. The highest BCUT2D eigenvalue weighted by Gasteiger charge is 2.19. The molecule has 2 aromatic rings. The summed E-state index contributed by atoms with van der Waals surface area (Å²) in [6.45, 7) is 0.783. The SMILES string of the molecule is c1ccc(CON=C2CON=C2c2ccccc2)cc1. The van der Waals surface area contributed by atoms with Gasteiger partial charge in [0.25, 0.3) is 0 Å². The predicted molar refractivity (Wildman–Crippen MR) is 77.6 cm³/mol. The van der Waals surface area contributed by atoms with Crippen molar-refractivity contribution in [3.63, 3.8) is 0 Å². The Bertz CT molecular complexity index is 621. The van der Waals surface area contributed by atoms with Crippen LogP contribution in [0.15, 0.2) is 71.0 Å². The van der Waals surface area contributed by atoms with Gasteiger partial charge in [0.2, 0.25) is 0 Å². The molecule has 0 fully saturated rings. The summed E-state index contributed by atoms with van der Waals surface area (Å²) in [6.07, 6.45) is 0. The molecule has 0 radical (unpaired) electrons. The molecule has 3 rings (SSSR count). The molecule has 0 aliphatic carbocycles. The standard InChI is InChI=1S/C16H14N2O2/c1-3-7-13(8-4-1)11-19-17-15-12-20-18-16(15)14-9-5-2-6-10-14/h1-10H,11-12H2. The molecule has 1 aliphatic rings. The van der Waals surface area contributed by atoms with Crippen LogP contribution in [0.5, 0.6) is 0 Å². The summed E-state index contributed by atoms with van der Waals surface area (Å²) in [7, 11) is 0. The molecule has 100 valence electrons. The van der Waals surface area contributed by atoms with Gasteiger partial charge in [-0.3, -0.25) is 0 Å². The van der Waals surface area contributed by atoms with E-state index in [0.717, 1.165) is 16.8 Å². The molecule has 4 nitrogen and oxygen atoms in total. The lowest BCUT2D eigenvalue weighted by Gasteiger charge is -2.02. The van der Waals surface area contributed by atoms with Crippen LogP contribution in [0.1, 0.15) is 11.1 Å². The van der Waals surface area contributed by atoms with Gasteiger partial charge in [-0.2, -0.15) is 0 Å². The average molecular weight is 266 g/mol. The third-order valence-corrected chi connectivity index (χ3v) is 2.93. The van der Waals surface area contributed by atoms with Gasteiger partial charge in [-0.05, 0) is 5.56 Å². The molecule has 0 aromatic heterocycles. The Balaban J connectivity index is 1.68. The van der Waals surface area contributed by atoms with Crippen molar-refractivity contribution in [3.05, 3.63) is 71.8 Å². The first kappa shape index (κ1) is 12.4. The van der Waals surface area contributed by atoms with Crippen LogP contribution in [0.2, 0.25) is 0 Å². The fraction of sp³-hybridized carbons (Fsp3) is 0.125. The molecule has 0 saturated heterocycles. The van der Waals surface area contributed by atoms with E-state index in [1.54, 1.807) is 0 Å². The van der Waals surface area contributed by atoms with Crippen molar-refractivity contribution in [1.82, 2.24) is 0 Å². The highest BCUT2D eigenvalue weighted by atomic mass is 16.6. The molecule has 4 heteroatoms. The van der Waals surface area contributed by atoms with E-state index in [9.17, 15) is 0 Å². The lowest BCUT2D eigenvalue weighted by molar-refractivity contribution is 0.127. The molecular formula is C16H14N2O2. The van der Waals surface area contributed by atoms with E-state index in [4.69, 9.17) is 9.68 Å². The number of nitrogens with zero attached hydrogens (tertiary/aromatic N) is 2. The fourth-order valence-corrected chi connectivity index (χ4v) is 1.92. The van der Waals surface area contributed by atoms with Gasteiger partial charge in [-0.15, -0.1) is 0 Å². The second-order valence-electron chi connectivity index (χ2n) is 4.38. The lowest BCUT2D eigenvalue weighted by Crippen LogP contribution is -2.14. The van der Waals surface area contributed by atoms with E-state index in [1.807, 2.05) is 60.7 Å². The van der Waals surface area contributed by atoms with E-state index < -0.39 is 0 Å². The molecule has 0 spiro atoms. The smallest absolute Gasteiger partial charge is 0.164 e. The van der Waals surface area contributed by atoms with Gasteiger partial charge >= 0.3 is 0 Å². The number of hydrogen-bond donors (Lipinski definition) is 0. The predicted octanol–water partition coefficient (Wildman–Crippen LogP) is 2.99. The lowest BCUT2D eigenvalue weighted by atomic mass is 10.1. The van der Waals surface area contributed by atoms with Gasteiger partial charge in [0.1, 0.15) is 18.0 Å². The molecule has 0 bridgehead atoms. The minimum absolute atomic E-state index is 0.346. The Labute approximate surface area is 117 Å². The van der Waals surface area contributed by atoms with Crippen LogP contribution in [0.4, 0.5) is 0 Å². The summed E-state index contributed by atoms with van der Waals surface area (Å²) in [5.41, 5.74) is 3.51. The van der Waals surface area contributed by atoms with Crippen molar-refractivity contribution in [1.29, 1.82) is 0 Å². The fourth-order valence-electron chi connectivity index (χ4n) is 1.92. The van der Waals surface area contributed by atoms with E-state index in [1.165, 1.54) is 0 Å². The Morgan fingerprint density at radius 2 is 1.70 bits per heavy atom. The monoisotopic (exact) mass is 266 g/mol. The molecule has 1 heterocycles. The molecule has 0 amide bonds. The quantitative estimate of drug-likeness (QED) is 0.798. The first-order valence-corrected chi connectivity index (χ1v) is 6.42. The molecule has 0 saturated carbocycles. The molecule has 20 heavy (non-hydrogen) atoms. The third-order valence-electron chi connectivity index (χ3n) is 2.93. The van der Waals surface area contributed by atoms with Crippen LogP contribution < -0.4 is 0 Å². The molecular weight excluding hydrogens is 252 g/mol. The zero-order valence-corrected chi connectivity index (χ0v) is 10.9. The molecule has 0 unspecified atom stereocenters. The van der Waals surface area contributed by atoms with E-state index >= 15 is 0 Å². The number of oxime groups is 2. The zero-order valence-electron chi connectivity index (χ0n) is 10.9. The van der Waals surface area contributed by atoms with E-state index in [-0.39, 0.29) is 0 Å². The van der Waals surface area contributed by atoms with Crippen molar-refractivity contribution in [3.8, 4) is 0 Å². The summed E-state index contributed by atoms with van der Waals surface area (Å²) < 4.78 is 0. The van der Waals surface area contributed by atoms with Gasteiger partial charge in [0.15, 0.2) is 6.61 Å². The van der Waals surface area contributed by atoms with Crippen LogP contribution in [-0.2, 0) is 16.3 Å². The largest absolute Gasteiger partial charge is 0.391 e. The van der Waals surface area contributed by atoms with Crippen LogP contribution in [0.3, 0.4) is 0 Å². The summed E-state index contributed by atoms with van der Waals surface area (Å²) >= 11 is 0. The molecule has 0 atom stereocenters. The zero-order chi connectivity index (χ0) is 13.6. The van der Waals surface area contributed by atoms with Crippen molar-refractivity contribution in [2.75, 3.05) is 6.61 Å². The molecule has 2 aromatic carbocycles. The second-order valence-corrected chi connectivity index (χ2v) is 4.38. The first-order valence-electron chi connectivity index (χ1n) is 6.42. The molecule has 0 N–H and O–H groups in total. The highest BCUT2D eigenvalue weighted by molar-refractivity contribution is 6.49. The van der Waals surface area contributed by atoms with Crippen LogP contribution >= 0.6 is 0 Å². The highest BCUT2D eigenvalue weighted by Crippen LogP contribution is 2.10. The molecule has 1 aliphatic heterocycles. The minimum atomic E-state index is 0.346. The van der Waals surface area contributed by atoms with Crippen molar-refractivity contribution < 1.29 is 9.68 Å². The topological polar surface area (TPSA) is 43.2 Å². The summed E-state index contributed by atoms with van der Waals surface area (Å²) in [5, 5.41) is 8.16. The number of hydrogen-bond acceptors (Lipinski definition) is 4. The van der Waals surface area contributed by atoms with Crippen molar-refractivity contribution in [2.24, 2.45) is 10.3 Å². The normalized spacial score (nSPS) is 15.8. The summed E-state index contributed by atoms with van der Waals surface area (Å²) in [6, 6.07) is 19.7. The van der Waals surface area contributed by atoms with Crippen LogP contribution in [0, 0.1) is 0 Å². The first-order chi connectivity index (χ1) is 9.93. The number of benzene rings is 2. The van der Waals surface area contributed by atoms with Crippen LogP contribution in [-0.4, -0.2) is 18.0 Å². The maximum Gasteiger partial charge on any atom is 0.164 e. The van der Waals surface area contributed by atoms with Gasteiger partial charge < -0.3 is 9.68 Å². The van der Waals surface area contributed by atoms with Crippen molar-refractivity contribution in [2.45, 2.75) is 6.61 Å². The summed E-state index contributed by atoms with van der Waals surface area (Å²) in [5.74, 6) is 0. The van der Waals surface area contributed by atoms with Gasteiger partial charge in [-0.25, -0.2) is 0 Å². The van der Waals surface area contributed by atoms with Gasteiger partial charge in [0.05, 0.1) is 0 Å². The van der Waals surface area contributed by atoms with Gasteiger partial charge in [-0.1, -0.05) is 71.0 Å². The van der Waals surface area contributed by atoms with Crippen LogP contribution in [0.25, 0.3) is 0 Å². The second kappa shape index (κ2) is 6.02. The van der Waals surface area contributed by atoms with E-state index in [0.29, 0.717) is 18.9 Å². The Hall–Kier alpha value is -2.62. The third kappa shape index (κ3) is 2.85. The average Bonchev–Trinajstić information content (AvgIpc) is 2.98.